The number of hydrogen-bond donors (Lipinski definition) is 1. The zero-order chi connectivity index (χ0) is 16.9. The average molecular weight is 362 g/mol. The maximum Gasteiger partial charge on any atom is 0.221 e. The van der Waals surface area contributed by atoms with E-state index in [4.69, 9.17) is 21.1 Å². The summed E-state index contributed by atoms with van der Waals surface area (Å²) in [6, 6.07) is 4.25. The number of carbonyl (C=O) groups is 1. The van der Waals surface area contributed by atoms with Crippen LogP contribution in [0.5, 0.6) is 5.75 Å². The monoisotopic (exact) mass is 361 g/mol. The highest BCUT2D eigenvalue weighted by atomic mass is 35.5. The summed E-state index contributed by atoms with van der Waals surface area (Å²) in [7, 11) is -2.12. The van der Waals surface area contributed by atoms with Crippen LogP contribution in [-0.2, 0) is 19.4 Å². The van der Waals surface area contributed by atoms with Gasteiger partial charge in [-0.15, -0.1) is 0 Å². The minimum Gasteiger partial charge on any atom is -0.495 e. The molecule has 1 heterocycles. The van der Waals surface area contributed by atoms with Gasteiger partial charge in [0.05, 0.1) is 28.9 Å². The first-order chi connectivity index (χ1) is 10.9. The van der Waals surface area contributed by atoms with Gasteiger partial charge in [-0.05, 0) is 31.0 Å². The van der Waals surface area contributed by atoms with Crippen LogP contribution in [0.3, 0.4) is 0 Å². The van der Waals surface area contributed by atoms with Crippen molar-refractivity contribution in [2.24, 2.45) is 0 Å². The third-order valence-electron chi connectivity index (χ3n) is 3.63. The molecular weight excluding hydrogens is 342 g/mol. The fourth-order valence-corrected chi connectivity index (χ4v) is 3.89. The third-order valence-corrected chi connectivity index (χ3v) is 5.64. The van der Waals surface area contributed by atoms with Crippen molar-refractivity contribution >= 4 is 27.3 Å². The van der Waals surface area contributed by atoms with E-state index in [9.17, 15) is 13.2 Å². The summed E-state index contributed by atoms with van der Waals surface area (Å²) in [6.07, 6.45) is 1.85. The number of amides is 1. The summed E-state index contributed by atoms with van der Waals surface area (Å²) in [5.41, 5.74) is 0. The lowest BCUT2D eigenvalue weighted by Gasteiger charge is -2.11. The Labute approximate surface area is 141 Å². The second-order valence-corrected chi connectivity index (χ2v) is 7.82. The molecule has 2 rings (SSSR count). The van der Waals surface area contributed by atoms with Gasteiger partial charge in [0.2, 0.25) is 5.91 Å². The van der Waals surface area contributed by atoms with Crippen LogP contribution in [-0.4, -0.2) is 46.4 Å². The van der Waals surface area contributed by atoms with E-state index >= 15 is 0 Å². The molecule has 1 aromatic carbocycles. The Morgan fingerprint density at radius 1 is 1.48 bits per heavy atom. The molecule has 0 aromatic heterocycles. The van der Waals surface area contributed by atoms with E-state index in [1.807, 2.05) is 0 Å². The number of methoxy groups -OCH3 is 1. The van der Waals surface area contributed by atoms with Crippen LogP contribution >= 0.6 is 11.6 Å². The molecule has 0 aliphatic carbocycles. The van der Waals surface area contributed by atoms with E-state index in [0.29, 0.717) is 18.9 Å². The Bertz CT molecular complexity index is 656. The van der Waals surface area contributed by atoms with Gasteiger partial charge in [0.15, 0.2) is 9.84 Å². The Morgan fingerprint density at radius 2 is 2.26 bits per heavy atom. The molecule has 1 aromatic rings. The minimum absolute atomic E-state index is 0.0379. The van der Waals surface area contributed by atoms with Gasteiger partial charge in [-0.1, -0.05) is 11.6 Å². The van der Waals surface area contributed by atoms with E-state index < -0.39 is 9.84 Å². The zero-order valence-corrected chi connectivity index (χ0v) is 14.5. The van der Waals surface area contributed by atoms with Gasteiger partial charge in [0.25, 0.3) is 0 Å². The largest absolute Gasteiger partial charge is 0.495 e. The smallest absolute Gasteiger partial charge is 0.221 e. The molecule has 1 aliphatic rings. The van der Waals surface area contributed by atoms with E-state index in [-0.39, 0.29) is 34.1 Å². The average Bonchev–Trinajstić information content (AvgIpc) is 3.04. The molecule has 1 N–H and O–H groups in total. The van der Waals surface area contributed by atoms with E-state index in [0.717, 1.165) is 12.8 Å². The number of sulfone groups is 1. The number of halogens is 1. The predicted molar refractivity (Wildman–Crippen MR) is 86.7 cm³/mol. The highest BCUT2D eigenvalue weighted by Gasteiger charge is 2.20. The van der Waals surface area contributed by atoms with Gasteiger partial charge in [-0.2, -0.15) is 0 Å². The standard InChI is InChI=1S/C15H20ClNO5S/c1-21-14-5-4-12(9-13(14)16)23(19,20)8-6-15(18)17-10-11-3-2-7-22-11/h4-5,9,11H,2-3,6-8,10H2,1H3,(H,17,18). The fraction of sp³-hybridized carbons (Fsp3) is 0.533. The Balaban J connectivity index is 1.87. The van der Waals surface area contributed by atoms with Crippen LogP contribution in [0.25, 0.3) is 0 Å². The lowest BCUT2D eigenvalue weighted by Crippen LogP contribution is -2.32. The lowest BCUT2D eigenvalue weighted by atomic mass is 10.2. The van der Waals surface area contributed by atoms with Crippen LogP contribution in [0, 0.1) is 0 Å². The highest BCUT2D eigenvalue weighted by molar-refractivity contribution is 7.91. The number of ether oxygens (including phenoxy) is 2. The van der Waals surface area contributed by atoms with Gasteiger partial charge in [0, 0.05) is 19.6 Å². The van der Waals surface area contributed by atoms with Gasteiger partial charge in [0.1, 0.15) is 5.75 Å². The maximum atomic E-state index is 12.2. The molecule has 1 aliphatic heterocycles. The summed E-state index contributed by atoms with van der Waals surface area (Å²) < 4.78 is 34.9. The molecule has 0 radical (unpaired) electrons. The molecule has 1 unspecified atom stereocenters. The van der Waals surface area contributed by atoms with Crippen molar-refractivity contribution < 1.29 is 22.7 Å². The van der Waals surface area contributed by atoms with Crippen LogP contribution < -0.4 is 10.1 Å². The minimum atomic E-state index is -3.57. The lowest BCUT2D eigenvalue weighted by molar-refractivity contribution is -0.121. The van der Waals surface area contributed by atoms with E-state index in [1.54, 1.807) is 0 Å². The SMILES string of the molecule is COc1ccc(S(=O)(=O)CCC(=O)NCC2CCCO2)cc1Cl. The first-order valence-corrected chi connectivity index (χ1v) is 9.40. The van der Waals surface area contributed by atoms with Crippen LogP contribution in [0.2, 0.25) is 5.02 Å². The fourth-order valence-electron chi connectivity index (χ4n) is 2.31. The van der Waals surface area contributed by atoms with Crippen molar-refractivity contribution in [3.8, 4) is 5.75 Å². The molecule has 6 nitrogen and oxygen atoms in total. The molecular formula is C15H20ClNO5S. The van der Waals surface area contributed by atoms with E-state index in [1.165, 1.54) is 25.3 Å². The second-order valence-electron chi connectivity index (χ2n) is 5.30. The summed E-state index contributed by atoms with van der Waals surface area (Å²) in [5, 5.41) is 2.92. The topological polar surface area (TPSA) is 81.7 Å². The van der Waals surface area contributed by atoms with Crippen LogP contribution in [0.1, 0.15) is 19.3 Å². The first kappa shape index (κ1) is 18.0. The zero-order valence-electron chi connectivity index (χ0n) is 12.9. The van der Waals surface area contributed by atoms with Crippen molar-refractivity contribution in [1.29, 1.82) is 0 Å². The predicted octanol–water partition coefficient (Wildman–Crippen LogP) is 1.81. The number of rotatable bonds is 7. The van der Waals surface area contributed by atoms with Crippen molar-refractivity contribution in [3.63, 3.8) is 0 Å². The number of hydrogen-bond acceptors (Lipinski definition) is 5. The van der Waals surface area contributed by atoms with Gasteiger partial charge in [-0.3, -0.25) is 4.79 Å². The molecule has 0 bridgehead atoms. The Hall–Kier alpha value is -1.31. The Kier molecular flexibility index (Phi) is 6.26. The van der Waals surface area contributed by atoms with Crippen molar-refractivity contribution in [1.82, 2.24) is 5.32 Å². The summed E-state index contributed by atoms with van der Waals surface area (Å²) >= 11 is 5.94. The van der Waals surface area contributed by atoms with Crippen molar-refractivity contribution in [2.75, 3.05) is 26.0 Å². The maximum absolute atomic E-state index is 12.2. The van der Waals surface area contributed by atoms with Gasteiger partial charge < -0.3 is 14.8 Å². The summed E-state index contributed by atoms with van der Waals surface area (Å²) in [6.45, 7) is 1.14. The number of nitrogens with one attached hydrogen (secondary N) is 1. The normalized spacial score (nSPS) is 17.9. The molecule has 23 heavy (non-hydrogen) atoms. The molecule has 1 amide bonds. The summed E-state index contributed by atoms with van der Waals surface area (Å²) in [4.78, 5) is 11.8. The molecule has 1 saturated heterocycles. The molecule has 128 valence electrons. The van der Waals surface area contributed by atoms with Crippen molar-refractivity contribution in [2.45, 2.75) is 30.3 Å². The Morgan fingerprint density at radius 3 is 2.87 bits per heavy atom. The molecule has 0 saturated carbocycles. The number of benzene rings is 1. The number of carbonyl (C=O) groups excluding carboxylic acids is 1. The highest BCUT2D eigenvalue weighted by Crippen LogP contribution is 2.27. The molecule has 1 fully saturated rings. The summed E-state index contributed by atoms with van der Waals surface area (Å²) in [5.74, 6) is -0.170. The molecule has 8 heteroatoms. The van der Waals surface area contributed by atoms with E-state index in [2.05, 4.69) is 5.32 Å². The van der Waals surface area contributed by atoms with Crippen molar-refractivity contribution in [3.05, 3.63) is 23.2 Å². The van der Waals surface area contributed by atoms with Crippen LogP contribution in [0.4, 0.5) is 0 Å². The molecule has 0 spiro atoms. The molecule has 1 atom stereocenters. The van der Waals surface area contributed by atoms with Crippen LogP contribution in [0.15, 0.2) is 23.1 Å². The third kappa shape index (κ3) is 5.09. The van der Waals surface area contributed by atoms with Gasteiger partial charge in [-0.25, -0.2) is 8.42 Å². The quantitative estimate of drug-likeness (QED) is 0.801. The first-order valence-electron chi connectivity index (χ1n) is 7.37. The van der Waals surface area contributed by atoms with Gasteiger partial charge >= 0.3 is 0 Å². The second kappa shape index (κ2) is 7.99.